The summed E-state index contributed by atoms with van der Waals surface area (Å²) in [5.41, 5.74) is 8.81. The van der Waals surface area contributed by atoms with Gasteiger partial charge in [-0.3, -0.25) is 4.79 Å². The van der Waals surface area contributed by atoms with Gasteiger partial charge in [0.1, 0.15) is 23.9 Å². The number of benzene rings is 4. The number of hydrogen-bond acceptors (Lipinski definition) is 4. The number of carbonyl (C=O) groups is 1. The van der Waals surface area contributed by atoms with Crippen molar-refractivity contribution in [3.63, 3.8) is 0 Å². The lowest BCUT2D eigenvalue weighted by Gasteiger charge is -2.12. The van der Waals surface area contributed by atoms with Crippen LogP contribution in [0.25, 0.3) is 0 Å². The second-order valence-electron chi connectivity index (χ2n) is 7.06. The molecule has 6 heteroatoms. The topological polar surface area (TPSA) is 73.6 Å². The second-order valence-corrected chi connectivity index (χ2v) is 7.98. The van der Waals surface area contributed by atoms with Crippen LogP contribution in [0.4, 0.5) is 11.4 Å². The maximum Gasteiger partial charge on any atom is 0.255 e. The average Bonchev–Trinajstić information content (AvgIpc) is 2.81. The number of ether oxygens (including phenoxy) is 2. The smallest absolute Gasteiger partial charge is 0.255 e. The van der Waals surface area contributed by atoms with E-state index in [0.717, 1.165) is 15.8 Å². The van der Waals surface area contributed by atoms with E-state index in [0.29, 0.717) is 35.0 Å². The van der Waals surface area contributed by atoms with Crippen LogP contribution in [0.15, 0.2) is 102 Å². The van der Waals surface area contributed by atoms with E-state index in [-0.39, 0.29) is 5.91 Å². The van der Waals surface area contributed by atoms with Crippen molar-refractivity contribution in [3.8, 4) is 17.2 Å². The first kappa shape index (κ1) is 21.5. The first-order valence-corrected chi connectivity index (χ1v) is 10.8. The summed E-state index contributed by atoms with van der Waals surface area (Å²) in [4.78, 5) is 12.4. The summed E-state index contributed by atoms with van der Waals surface area (Å²) in [6.45, 7) is 0.501. The van der Waals surface area contributed by atoms with Gasteiger partial charge >= 0.3 is 0 Å². The summed E-state index contributed by atoms with van der Waals surface area (Å²) in [7, 11) is 0. The Bertz CT molecular complexity index is 1190. The van der Waals surface area contributed by atoms with Crippen molar-refractivity contribution in [2.45, 2.75) is 6.61 Å². The number of nitrogen functional groups attached to an aromatic ring is 1. The third-order valence-corrected chi connectivity index (χ3v) is 5.20. The van der Waals surface area contributed by atoms with Crippen LogP contribution in [-0.4, -0.2) is 5.91 Å². The van der Waals surface area contributed by atoms with Gasteiger partial charge in [0.05, 0.1) is 5.69 Å². The minimum absolute atomic E-state index is 0.211. The van der Waals surface area contributed by atoms with Gasteiger partial charge in [-0.25, -0.2) is 0 Å². The van der Waals surface area contributed by atoms with Gasteiger partial charge in [-0.15, -0.1) is 0 Å². The summed E-state index contributed by atoms with van der Waals surface area (Å²) in [5, 5.41) is 2.84. The first-order chi connectivity index (χ1) is 15.6. The summed E-state index contributed by atoms with van der Waals surface area (Å²) < 4.78 is 12.6. The third-order valence-electron chi connectivity index (χ3n) is 4.67. The Labute approximate surface area is 194 Å². The molecule has 4 rings (SSSR count). The molecule has 4 aromatic carbocycles. The van der Waals surface area contributed by atoms with Gasteiger partial charge in [-0.05, 0) is 72.3 Å². The van der Waals surface area contributed by atoms with E-state index in [1.807, 2.05) is 66.7 Å². The Balaban J connectivity index is 1.36. The lowest BCUT2D eigenvalue weighted by Crippen LogP contribution is -2.11. The zero-order chi connectivity index (χ0) is 22.3. The Morgan fingerprint density at radius 2 is 1.53 bits per heavy atom. The molecule has 0 atom stereocenters. The van der Waals surface area contributed by atoms with Crippen LogP contribution in [0.3, 0.4) is 0 Å². The number of rotatable bonds is 7. The molecule has 0 aliphatic carbocycles. The minimum atomic E-state index is -0.211. The lowest BCUT2D eigenvalue weighted by molar-refractivity contribution is 0.102. The molecule has 160 valence electrons. The van der Waals surface area contributed by atoms with Gasteiger partial charge in [0.15, 0.2) is 0 Å². The standard InChI is InChI=1S/C26H21BrN2O3/c27-20-8-6-19(7-9-20)26(30)29-21-10-15-25(24(28)16-21)32-23-13-11-22(12-14-23)31-17-18-4-2-1-3-5-18/h1-16H,17,28H2,(H,29,30). The van der Waals surface area contributed by atoms with Gasteiger partial charge in [0.25, 0.3) is 5.91 Å². The maximum atomic E-state index is 12.4. The number of anilines is 2. The van der Waals surface area contributed by atoms with Crippen LogP contribution in [-0.2, 0) is 6.61 Å². The van der Waals surface area contributed by atoms with Gasteiger partial charge in [0.2, 0.25) is 0 Å². The first-order valence-electron chi connectivity index (χ1n) is 9.98. The number of halogens is 1. The fourth-order valence-corrected chi connectivity index (χ4v) is 3.26. The fraction of sp³-hybridized carbons (Fsp3) is 0.0385. The molecule has 0 radical (unpaired) electrons. The molecule has 0 saturated heterocycles. The van der Waals surface area contributed by atoms with Crippen LogP contribution < -0.4 is 20.5 Å². The molecule has 0 aliphatic heterocycles. The number of nitrogens with one attached hydrogen (secondary N) is 1. The molecule has 4 aromatic rings. The van der Waals surface area contributed by atoms with Crippen LogP contribution >= 0.6 is 15.9 Å². The number of amides is 1. The van der Waals surface area contributed by atoms with Crippen molar-refractivity contribution in [2.24, 2.45) is 0 Å². The molecule has 0 spiro atoms. The Morgan fingerprint density at radius 3 is 2.22 bits per heavy atom. The summed E-state index contributed by atoms with van der Waals surface area (Å²) in [6, 6.07) is 29.6. The van der Waals surface area contributed by atoms with Gasteiger partial charge in [-0.2, -0.15) is 0 Å². The zero-order valence-corrected chi connectivity index (χ0v) is 18.7. The Kier molecular flexibility index (Phi) is 6.72. The van der Waals surface area contributed by atoms with Crippen molar-refractivity contribution in [3.05, 3.63) is 113 Å². The van der Waals surface area contributed by atoms with E-state index < -0.39 is 0 Å². The monoisotopic (exact) mass is 488 g/mol. The van der Waals surface area contributed by atoms with Crippen molar-refractivity contribution >= 4 is 33.2 Å². The number of carbonyl (C=O) groups excluding carboxylic acids is 1. The average molecular weight is 489 g/mol. The largest absolute Gasteiger partial charge is 0.489 e. The van der Waals surface area contributed by atoms with Gasteiger partial charge < -0.3 is 20.5 Å². The summed E-state index contributed by atoms with van der Waals surface area (Å²) in [6.07, 6.45) is 0. The Morgan fingerprint density at radius 1 is 0.844 bits per heavy atom. The van der Waals surface area contributed by atoms with Crippen molar-refractivity contribution in [1.82, 2.24) is 0 Å². The molecule has 0 unspecified atom stereocenters. The molecule has 3 N–H and O–H groups in total. The predicted molar refractivity (Wildman–Crippen MR) is 130 cm³/mol. The van der Waals surface area contributed by atoms with E-state index in [2.05, 4.69) is 21.2 Å². The molecular formula is C26H21BrN2O3. The van der Waals surface area contributed by atoms with Crippen molar-refractivity contribution in [1.29, 1.82) is 0 Å². The van der Waals surface area contributed by atoms with Crippen LogP contribution in [0, 0.1) is 0 Å². The van der Waals surface area contributed by atoms with Crippen molar-refractivity contribution < 1.29 is 14.3 Å². The van der Waals surface area contributed by atoms with Gasteiger partial charge in [0, 0.05) is 15.7 Å². The van der Waals surface area contributed by atoms with E-state index >= 15 is 0 Å². The molecule has 1 amide bonds. The van der Waals surface area contributed by atoms with Crippen LogP contribution in [0.2, 0.25) is 0 Å². The molecule has 0 fully saturated rings. The van der Waals surface area contributed by atoms with Crippen molar-refractivity contribution in [2.75, 3.05) is 11.1 Å². The van der Waals surface area contributed by atoms with E-state index in [4.69, 9.17) is 15.2 Å². The molecule has 0 bridgehead atoms. The molecule has 0 heterocycles. The van der Waals surface area contributed by atoms with E-state index in [9.17, 15) is 4.79 Å². The zero-order valence-electron chi connectivity index (χ0n) is 17.1. The second kappa shape index (κ2) is 10.0. The predicted octanol–water partition coefficient (Wildman–Crippen LogP) is 6.65. The normalized spacial score (nSPS) is 10.4. The van der Waals surface area contributed by atoms with E-state index in [1.165, 1.54) is 0 Å². The fourth-order valence-electron chi connectivity index (χ4n) is 3.00. The highest BCUT2D eigenvalue weighted by Gasteiger charge is 2.09. The molecule has 32 heavy (non-hydrogen) atoms. The summed E-state index contributed by atoms with van der Waals surface area (Å²) >= 11 is 3.36. The molecule has 0 aliphatic rings. The Hall–Kier alpha value is -3.77. The SMILES string of the molecule is Nc1cc(NC(=O)c2ccc(Br)cc2)ccc1Oc1ccc(OCc2ccccc2)cc1. The van der Waals surface area contributed by atoms with E-state index in [1.54, 1.807) is 30.3 Å². The highest BCUT2D eigenvalue weighted by molar-refractivity contribution is 9.10. The highest BCUT2D eigenvalue weighted by Crippen LogP contribution is 2.31. The minimum Gasteiger partial charge on any atom is -0.489 e. The van der Waals surface area contributed by atoms with Gasteiger partial charge in [-0.1, -0.05) is 46.3 Å². The summed E-state index contributed by atoms with van der Waals surface area (Å²) in [5.74, 6) is 1.68. The molecular weight excluding hydrogens is 468 g/mol. The molecule has 0 aromatic heterocycles. The maximum absolute atomic E-state index is 12.4. The quantitative estimate of drug-likeness (QED) is 0.285. The lowest BCUT2D eigenvalue weighted by atomic mass is 10.2. The third kappa shape index (κ3) is 5.68. The number of nitrogens with two attached hydrogens (primary N) is 1. The molecule has 0 saturated carbocycles. The number of hydrogen-bond donors (Lipinski definition) is 2. The molecule has 5 nitrogen and oxygen atoms in total. The van der Waals surface area contributed by atoms with Crippen LogP contribution in [0.5, 0.6) is 17.2 Å². The van der Waals surface area contributed by atoms with Crippen LogP contribution in [0.1, 0.15) is 15.9 Å². The highest BCUT2D eigenvalue weighted by atomic mass is 79.9.